The summed E-state index contributed by atoms with van der Waals surface area (Å²) < 4.78 is 0. The SMILES string of the molecule is S=C(Nc1ccc(Cl)c(Cl)c1)Nc1ccc(Cl)cc1Cl. The van der Waals surface area contributed by atoms with Crippen LogP contribution in [0, 0.1) is 0 Å². The Morgan fingerprint density at radius 1 is 0.800 bits per heavy atom. The second-order valence-corrected chi connectivity index (χ2v) is 5.90. The zero-order chi connectivity index (χ0) is 14.7. The lowest BCUT2D eigenvalue weighted by Gasteiger charge is -2.12. The van der Waals surface area contributed by atoms with Crippen molar-refractivity contribution >= 4 is 75.1 Å². The van der Waals surface area contributed by atoms with Crippen molar-refractivity contribution in [1.29, 1.82) is 0 Å². The van der Waals surface area contributed by atoms with Crippen molar-refractivity contribution in [2.75, 3.05) is 10.6 Å². The first-order chi connectivity index (χ1) is 9.45. The molecule has 2 nitrogen and oxygen atoms in total. The van der Waals surface area contributed by atoms with Gasteiger partial charge in [-0.2, -0.15) is 0 Å². The average molecular weight is 366 g/mol. The average Bonchev–Trinajstić information content (AvgIpc) is 2.37. The molecule has 0 amide bonds. The molecule has 104 valence electrons. The van der Waals surface area contributed by atoms with Crippen molar-refractivity contribution in [3.63, 3.8) is 0 Å². The maximum absolute atomic E-state index is 6.05. The van der Waals surface area contributed by atoms with Crippen LogP contribution in [-0.4, -0.2) is 5.11 Å². The van der Waals surface area contributed by atoms with Gasteiger partial charge in [-0.25, -0.2) is 0 Å². The van der Waals surface area contributed by atoms with Crippen LogP contribution in [0.2, 0.25) is 20.1 Å². The molecule has 0 radical (unpaired) electrons. The first-order valence-corrected chi connectivity index (χ1v) is 7.36. The molecule has 0 aliphatic rings. The molecule has 2 aromatic rings. The lowest BCUT2D eigenvalue weighted by Crippen LogP contribution is -2.19. The van der Waals surface area contributed by atoms with Gasteiger partial charge in [0.05, 0.1) is 20.8 Å². The van der Waals surface area contributed by atoms with Crippen LogP contribution >= 0.6 is 58.6 Å². The van der Waals surface area contributed by atoms with E-state index in [4.69, 9.17) is 58.6 Å². The lowest BCUT2D eigenvalue weighted by molar-refractivity contribution is 1.59. The van der Waals surface area contributed by atoms with E-state index in [0.717, 1.165) is 5.69 Å². The van der Waals surface area contributed by atoms with Gasteiger partial charge in [0.15, 0.2) is 5.11 Å². The maximum atomic E-state index is 6.05. The first kappa shape index (κ1) is 15.7. The number of halogens is 4. The van der Waals surface area contributed by atoms with Gasteiger partial charge in [0, 0.05) is 10.7 Å². The first-order valence-electron chi connectivity index (χ1n) is 5.44. The third-order valence-corrected chi connectivity index (χ3v) is 3.85. The molecule has 0 aromatic heterocycles. The number of thiocarbonyl (C=S) groups is 1. The van der Waals surface area contributed by atoms with Crippen molar-refractivity contribution < 1.29 is 0 Å². The van der Waals surface area contributed by atoms with Gasteiger partial charge in [0.25, 0.3) is 0 Å². The topological polar surface area (TPSA) is 24.1 Å². The van der Waals surface area contributed by atoms with E-state index < -0.39 is 0 Å². The molecule has 0 heterocycles. The predicted octanol–water partition coefficient (Wildman–Crippen LogP) is 6.11. The van der Waals surface area contributed by atoms with Crippen molar-refractivity contribution in [2.45, 2.75) is 0 Å². The zero-order valence-electron chi connectivity index (χ0n) is 9.88. The highest BCUT2D eigenvalue weighted by atomic mass is 35.5. The predicted molar refractivity (Wildman–Crippen MR) is 92.8 cm³/mol. The van der Waals surface area contributed by atoms with E-state index in [2.05, 4.69) is 10.6 Å². The van der Waals surface area contributed by atoms with Crippen LogP contribution in [0.5, 0.6) is 0 Å². The van der Waals surface area contributed by atoms with Crippen LogP contribution in [-0.2, 0) is 0 Å². The minimum absolute atomic E-state index is 0.382. The Labute approximate surface area is 142 Å². The second kappa shape index (κ2) is 6.83. The summed E-state index contributed by atoms with van der Waals surface area (Å²) >= 11 is 28.8. The van der Waals surface area contributed by atoms with E-state index in [-0.39, 0.29) is 0 Å². The summed E-state index contributed by atoms with van der Waals surface area (Å²) in [5.41, 5.74) is 1.38. The number of hydrogen-bond donors (Lipinski definition) is 2. The minimum Gasteiger partial charge on any atom is -0.332 e. The van der Waals surface area contributed by atoms with Crippen molar-refractivity contribution in [3.05, 3.63) is 56.5 Å². The molecule has 0 fully saturated rings. The van der Waals surface area contributed by atoms with Gasteiger partial charge in [-0.3, -0.25) is 0 Å². The standard InChI is InChI=1S/C13H8Cl4N2S/c14-7-1-4-12(11(17)5-7)19-13(20)18-8-2-3-9(15)10(16)6-8/h1-6H,(H2,18,19,20). The highest BCUT2D eigenvalue weighted by Gasteiger charge is 2.05. The molecular weight excluding hydrogens is 358 g/mol. The molecule has 20 heavy (non-hydrogen) atoms. The van der Waals surface area contributed by atoms with E-state index >= 15 is 0 Å². The number of nitrogens with one attached hydrogen (secondary N) is 2. The van der Waals surface area contributed by atoms with Gasteiger partial charge in [-0.1, -0.05) is 46.4 Å². The normalized spacial score (nSPS) is 10.2. The molecule has 0 aliphatic heterocycles. The lowest BCUT2D eigenvalue weighted by atomic mass is 10.3. The summed E-state index contributed by atoms with van der Waals surface area (Å²) in [6, 6.07) is 10.2. The van der Waals surface area contributed by atoms with Gasteiger partial charge in [0.2, 0.25) is 0 Å². The fourth-order valence-electron chi connectivity index (χ4n) is 1.45. The van der Waals surface area contributed by atoms with E-state index in [1.54, 1.807) is 36.4 Å². The van der Waals surface area contributed by atoms with Gasteiger partial charge in [-0.15, -0.1) is 0 Å². The Balaban J connectivity index is 2.07. The molecule has 0 bridgehead atoms. The highest BCUT2D eigenvalue weighted by molar-refractivity contribution is 7.80. The minimum atomic E-state index is 0.382. The third kappa shape index (κ3) is 4.14. The summed E-state index contributed by atoms with van der Waals surface area (Å²) in [7, 11) is 0. The summed E-state index contributed by atoms with van der Waals surface area (Å²) in [6.45, 7) is 0. The van der Waals surface area contributed by atoms with E-state index in [9.17, 15) is 0 Å². The smallest absolute Gasteiger partial charge is 0.175 e. The van der Waals surface area contributed by atoms with Crippen LogP contribution < -0.4 is 10.6 Å². The summed E-state index contributed by atoms with van der Waals surface area (Å²) in [5, 5.41) is 8.31. The molecule has 0 unspecified atom stereocenters. The fourth-order valence-corrected chi connectivity index (χ4v) is 2.43. The molecule has 0 saturated carbocycles. The molecular formula is C13H8Cl4N2S. The molecule has 7 heteroatoms. The summed E-state index contributed by atoms with van der Waals surface area (Å²) in [6.07, 6.45) is 0. The van der Waals surface area contributed by atoms with E-state index in [1.165, 1.54) is 0 Å². The van der Waals surface area contributed by atoms with Gasteiger partial charge >= 0.3 is 0 Å². The monoisotopic (exact) mass is 364 g/mol. The van der Waals surface area contributed by atoms with Crippen molar-refractivity contribution in [1.82, 2.24) is 0 Å². The Hall–Kier alpha value is -0.710. The molecule has 0 aliphatic carbocycles. The second-order valence-electron chi connectivity index (χ2n) is 3.83. The Morgan fingerprint density at radius 3 is 2.20 bits per heavy atom. The van der Waals surface area contributed by atoms with Crippen LogP contribution in [0.1, 0.15) is 0 Å². The maximum Gasteiger partial charge on any atom is 0.175 e. The molecule has 0 saturated heterocycles. The van der Waals surface area contributed by atoms with Crippen molar-refractivity contribution in [2.24, 2.45) is 0 Å². The third-order valence-electron chi connectivity index (χ3n) is 2.36. The van der Waals surface area contributed by atoms with Crippen molar-refractivity contribution in [3.8, 4) is 0 Å². The van der Waals surface area contributed by atoms with Gasteiger partial charge < -0.3 is 10.6 Å². The summed E-state index contributed by atoms with van der Waals surface area (Å²) in [4.78, 5) is 0. The van der Waals surface area contributed by atoms with Gasteiger partial charge in [0.1, 0.15) is 0 Å². The van der Waals surface area contributed by atoms with Crippen LogP contribution in [0.3, 0.4) is 0 Å². The molecule has 2 aromatic carbocycles. The Morgan fingerprint density at radius 2 is 1.55 bits per heavy atom. The molecule has 2 N–H and O–H groups in total. The van der Waals surface area contributed by atoms with E-state index in [0.29, 0.717) is 30.9 Å². The number of benzene rings is 2. The largest absolute Gasteiger partial charge is 0.332 e. The fraction of sp³-hybridized carbons (Fsp3) is 0. The number of rotatable bonds is 2. The molecule has 0 spiro atoms. The highest BCUT2D eigenvalue weighted by Crippen LogP contribution is 2.27. The molecule has 2 rings (SSSR count). The van der Waals surface area contributed by atoms with Gasteiger partial charge in [-0.05, 0) is 48.6 Å². The summed E-state index contributed by atoms with van der Waals surface area (Å²) in [5.74, 6) is 0. The number of anilines is 2. The van der Waals surface area contributed by atoms with Crippen LogP contribution in [0.15, 0.2) is 36.4 Å². The van der Waals surface area contributed by atoms with Crippen LogP contribution in [0.4, 0.5) is 11.4 Å². The Kier molecular flexibility index (Phi) is 5.35. The molecule has 0 atom stereocenters. The van der Waals surface area contributed by atoms with E-state index in [1.807, 2.05) is 0 Å². The Bertz CT molecular complexity index is 661. The number of hydrogen-bond acceptors (Lipinski definition) is 1. The quantitative estimate of drug-likeness (QED) is 0.628. The van der Waals surface area contributed by atoms with Crippen LogP contribution in [0.25, 0.3) is 0 Å². The zero-order valence-corrected chi connectivity index (χ0v) is 13.7.